The van der Waals surface area contributed by atoms with Gasteiger partial charge in [0.2, 0.25) is 5.91 Å². The molecule has 1 saturated heterocycles. The van der Waals surface area contributed by atoms with Gasteiger partial charge in [0, 0.05) is 6.54 Å². The molecule has 1 heterocycles. The summed E-state index contributed by atoms with van der Waals surface area (Å²) in [5.74, 6) is 1.32. The number of benzene rings is 1. The van der Waals surface area contributed by atoms with Crippen LogP contribution in [0.5, 0.6) is 0 Å². The Labute approximate surface area is 94.4 Å². The van der Waals surface area contributed by atoms with Crippen molar-refractivity contribution in [3.63, 3.8) is 0 Å². The number of amides is 1. The molecule has 0 aliphatic carbocycles. The first-order valence-electron chi connectivity index (χ1n) is 5.29. The van der Waals surface area contributed by atoms with E-state index in [0.29, 0.717) is 6.54 Å². The maximum Gasteiger partial charge on any atom is 0.233 e. The predicted octanol–water partition coefficient (Wildman–Crippen LogP) is 2.20. The molecule has 0 bridgehead atoms. The molecular weight excluding hydrogens is 206 g/mol. The summed E-state index contributed by atoms with van der Waals surface area (Å²) < 4.78 is 0. The maximum atomic E-state index is 11.7. The monoisotopic (exact) mass is 221 g/mol. The minimum absolute atomic E-state index is 0.189. The topological polar surface area (TPSA) is 29.1 Å². The van der Waals surface area contributed by atoms with Gasteiger partial charge in [0.05, 0.1) is 5.25 Å². The number of rotatable bonds is 3. The molecule has 3 heteroatoms. The normalized spacial score (nSPS) is 20.1. The summed E-state index contributed by atoms with van der Waals surface area (Å²) in [6, 6.07) is 10.0. The lowest BCUT2D eigenvalue weighted by molar-refractivity contribution is -0.120. The summed E-state index contributed by atoms with van der Waals surface area (Å²) in [5.41, 5.74) is 1.16. The second kappa shape index (κ2) is 5.21. The molecule has 0 aromatic heterocycles. The van der Waals surface area contributed by atoms with Gasteiger partial charge < -0.3 is 5.32 Å². The molecule has 15 heavy (non-hydrogen) atoms. The van der Waals surface area contributed by atoms with Gasteiger partial charge in [0.15, 0.2) is 0 Å². The number of nitrogens with one attached hydrogen (secondary N) is 1. The van der Waals surface area contributed by atoms with Gasteiger partial charge in [-0.25, -0.2) is 0 Å². The van der Waals surface area contributed by atoms with Gasteiger partial charge in [-0.2, -0.15) is 0 Å². The van der Waals surface area contributed by atoms with Gasteiger partial charge >= 0.3 is 0 Å². The number of thioether (sulfide) groups is 1. The molecule has 1 aromatic rings. The first kappa shape index (κ1) is 10.6. The highest BCUT2D eigenvalue weighted by atomic mass is 32.2. The van der Waals surface area contributed by atoms with Crippen molar-refractivity contribution in [1.29, 1.82) is 0 Å². The fraction of sp³-hybridized carbons (Fsp3) is 0.417. The van der Waals surface area contributed by atoms with Crippen LogP contribution in [-0.4, -0.2) is 16.9 Å². The summed E-state index contributed by atoms with van der Waals surface area (Å²) in [6.07, 6.45) is 2.21. The molecule has 1 unspecified atom stereocenters. The van der Waals surface area contributed by atoms with Crippen molar-refractivity contribution >= 4 is 17.7 Å². The maximum absolute atomic E-state index is 11.7. The lowest BCUT2D eigenvalue weighted by Gasteiger charge is -2.09. The number of carbonyl (C=O) groups excluding carboxylic acids is 1. The van der Waals surface area contributed by atoms with E-state index in [1.54, 1.807) is 11.8 Å². The first-order chi connectivity index (χ1) is 7.36. The van der Waals surface area contributed by atoms with Crippen molar-refractivity contribution in [2.45, 2.75) is 24.6 Å². The molecule has 1 aromatic carbocycles. The highest BCUT2D eigenvalue weighted by molar-refractivity contribution is 8.00. The Morgan fingerprint density at radius 3 is 2.87 bits per heavy atom. The van der Waals surface area contributed by atoms with Gasteiger partial charge in [-0.3, -0.25) is 4.79 Å². The average Bonchev–Trinajstić information content (AvgIpc) is 2.81. The summed E-state index contributed by atoms with van der Waals surface area (Å²) in [6.45, 7) is 0.650. The van der Waals surface area contributed by atoms with E-state index >= 15 is 0 Å². The van der Waals surface area contributed by atoms with Crippen molar-refractivity contribution in [1.82, 2.24) is 5.32 Å². The van der Waals surface area contributed by atoms with Crippen molar-refractivity contribution < 1.29 is 4.79 Å². The third-order valence-electron chi connectivity index (χ3n) is 2.53. The Bertz CT molecular complexity index is 320. The first-order valence-corrected chi connectivity index (χ1v) is 6.34. The van der Waals surface area contributed by atoms with Crippen LogP contribution in [0.3, 0.4) is 0 Å². The number of carbonyl (C=O) groups is 1. The van der Waals surface area contributed by atoms with E-state index in [4.69, 9.17) is 0 Å². The SMILES string of the molecule is O=C(NCc1ccccc1)C1CCCS1. The highest BCUT2D eigenvalue weighted by Gasteiger charge is 2.22. The van der Waals surface area contributed by atoms with E-state index in [2.05, 4.69) is 5.32 Å². The minimum atomic E-state index is 0.189. The zero-order valence-electron chi connectivity index (χ0n) is 8.61. The summed E-state index contributed by atoms with van der Waals surface area (Å²) in [4.78, 5) is 11.7. The van der Waals surface area contributed by atoms with Crippen LogP contribution in [0.4, 0.5) is 0 Å². The van der Waals surface area contributed by atoms with Crippen molar-refractivity contribution in [2.24, 2.45) is 0 Å². The summed E-state index contributed by atoms with van der Waals surface area (Å²) in [7, 11) is 0. The van der Waals surface area contributed by atoms with Gasteiger partial charge in [0.1, 0.15) is 0 Å². The van der Waals surface area contributed by atoms with Crippen LogP contribution in [0.15, 0.2) is 30.3 Å². The molecule has 0 saturated carbocycles. The highest BCUT2D eigenvalue weighted by Crippen LogP contribution is 2.25. The average molecular weight is 221 g/mol. The Morgan fingerprint density at radius 2 is 2.20 bits per heavy atom. The fourth-order valence-electron chi connectivity index (χ4n) is 1.68. The Balaban J connectivity index is 1.80. The molecule has 0 radical (unpaired) electrons. The predicted molar refractivity (Wildman–Crippen MR) is 63.8 cm³/mol. The second-order valence-corrected chi connectivity index (χ2v) is 5.02. The lowest BCUT2D eigenvalue weighted by atomic mass is 10.2. The standard InChI is InChI=1S/C12H15NOS/c14-12(11-7-4-8-15-11)13-9-10-5-2-1-3-6-10/h1-3,5-6,11H,4,7-9H2,(H,13,14). The van der Waals surface area contributed by atoms with Crippen LogP contribution in [-0.2, 0) is 11.3 Å². The van der Waals surface area contributed by atoms with Gasteiger partial charge in [0.25, 0.3) is 0 Å². The molecule has 2 rings (SSSR count). The van der Waals surface area contributed by atoms with Crippen LogP contribution in [0.2, 0.25) is 0 Å². The van der Waals surface area contributed by atoms with Crippen LogP contribution in [0, 0.1) is 0 Å². The number of hydrogen-bond acceptors (Lipinski definition) is 2. The Kier molecular flexibility index (Phi) is 3.67. The zero-order chi connectivity index (χ0) is 10.5. The summed E-state index contributed by atoms with van der Waals surface area (Å²) >= 11 is 1.77. The number of hydrogen-bond donors (Lipinski definition) is 1. The molecule has 2 nitrogen and oxygen atoms in total. The summed E-state index contributed by atoms with van der Waals surface area (Å²) in [5, 5.41) is 3.17. The van der Waals surface area contributed by atoms with E-state index < -0.39 is 0 Å². The molecule has 1 atom stereocenters. The molecule has 1 amide bonds. The Hall–Kier alpha value is -0.960. The molecule has 80 valence electrons. The largest absolute Gasteiger partial charge is 0.351 e. The molecule has 0 spiro atoms. The third-order valence-corrected chi connectivity index (χ3v) is 3.91. The molecule has 1 fully saturated rings. The van der Waals surface area contributed by atoms with Crippen molar-refractivity contribution in [3.05, 3.63) is 35.9 Å². The smallest absolute Gasteiger partial charge is 0.233 e. The molecule has 1 aliphatic rings. The van der Waals surface area contributed by atoms with Gasteiger partial charge in [-0.15, -0.1) is 11.8 Å². The van der Waals surface area contributed by atoms with Crippen molar-refractivity contribution in [2.75, 3.05) is 5.75 Å². The third kappa shape index (κ3) is 2.99. The van der Waals surface area contributed by atoms with Gasteiger partial charge in [-0.05, 0) is 24.2 Å². The van der Waals surface area contributed by atoms with Crippen LogP contribution in [0.25, 0.3) is 0 Å². The quantitative estimate of drug-likeness (QED) is 0.847. The van der Waals surface area contributed by atoms with Crippen LogP contribution < -0.4 is 5.32 Å². The minimum Gasteiger partial charge on any atom is -0.351 e. The zero-order valence-corrected chi connectivity index (χ0v) is 9.43. The Morgan fingerprint density at radius 1 is 1.40 bits per heavy atom. The van der Waals surface area contributed by atoms with Crippen LogP contribution >= 0.6 is 11.8 Å². The van der Waals surface area contributed by atoms with E-state index in [1.807, 2.05) is 30.3 Å². The van der Waals surface area contributed by atoms with E-state index in [1.165, 1.54) is 6.42 Å². The molecular formula is C12H15NOS. The fourth-order valence-corrected chi connectivity index (χ4v) is 2.87. The second-order valence-electron chi connectivity index (χ2n) is 3.71. The van der Waals surface area contributed by atoms with Crippen molar-refractivity contribution in [3.8, 4) is 0 Å². The molecule has 1 aliphatic heterocycles. The van der Waals surface area contributed by atoms with E-state index in [9.17, 15) is 4.79 Å². The van der Waals surface area contributed by atoms with Crippen LogP contribution in [0.1, 0.15) is 18.4 Å². The van der Waals surface area contributed by atoms with E-state index in [0.717, 1.165) is 17.7 Å². The molecule has 1 N–H and O–H groups in total. The van der Waals surface area contributed by atoms with E-state index in [-0.39, 0.29) is 11.2 Å². The van der Waals surface area contributed by atoms with Gasteiger partial charge in [-0.1, -0.05) is 30.3 Å². The lowest BCUT2D eigenvalue weighted by Crippen LogP contribution is -2.30.